The van der Waals surface area contributed by atoms with Gasteiger partial charge in [0.1, 0.15) is 0 Å². The summed E-state index contributed by atoms with van der Waals surface area (Å²) >= 11 is 5.77. The molecule has 0 aliphatic carbocycles. The molecule has 1 amide bonds. The van der Waals surface area contributed by atoms with Crippen molar-refractivity contribution < 1.29 is 4.79 Å². The van der Waals surface area contributed by atoms with E-state index in [4.69, 9.17) is 11.6 Å². The third-order valence-electron chi connectivity index (χ3n) is 2.33. The molecule has 0 saturated heterocycles. The molecule has 4 nitrogen and oxygen atoms in total. The lowest BCUT2D eigenvalue weighted by atomic mass is 10.2. The van der Waals surface area contributed by atoms with Crippen LogP contribution in [0.1, 0.15) is 15.9 Å². The van der Waals surface area contributed by atoms with E-state index in [1.165, 1.54) is 6.20 Å². The maximum atomic E-state index is 11.7. The highest BCUT2D eigenvalue weighted by molar-refractivity contribution is 6.30. The second-order valence-electron chi connectivity index (χ2n) is 3.71. The molecular formula is C12H12ClN3O. The fraction of sp³-hybridized carbons (Fsp3) is 0.167. The van der Waals surface area contributed by atoms with E-state index in [1.54, 1.807) is 30.1 Å². The second kappa shape index (κ2) is 5.01. The molecule has 2 aromatic rings. The van der Waals surface area contributed by atoms with E-state index in [1.807, 2.05) is 12.1 Å². The Morgan fingerprint density at radius 3 is 2.71 bits per heavy atom. The maximum absolute atomic E-state index is 11.7. The van der Waals surface area contributed by atoms with Gasteiger partial charge in [-0.3, -0.25) is 9.48 Å². The van der Waals surface area contributed by atoms with Gasteiger partial charge in [-0.15, -0.1) is 0 Å². The molecule has 2 rings (SSSR count). The molecule has 1 heterocycles. The molecule has 0 aliphatic heterocycles. The number of nitrogens with zero attached hydrogens (tertiary/aromatic N) is 2. The standard InChI is InChI=1S/C12H12ClN3O/c1-16-8-10(7-15-16)12(17)14-6-9-2-4-11(13)5-3-9/h2-5,7-8H,6H2,1H3,(H,14,17). The minimum absolute atomic E-state index is 0.131. The first-order valence-electron chi connectivity index (χ1n) is 5.16. The second-order valence-corrected chi connectivity index (χ2v) is 4.15. The van der Waals surface area contributed by atoms with Crippen LogP contribution in [0, 0.1) is 0 Å². The smallest absolute Gasteiger partial charge is 0.254 e. The number of aryl methyl sites for hydroxylation is 1. The predicted octanol–water partition coefficient (Wildman–Crippen LogP) is 2.00. The number of carbonyl (C=O) groups excluding carboxylic acids is 1. The Balaban J connectivity index is 1.94. The Morgan fingerprint density at radius 2 is 2.12 bits per heavy atom. The number of amides is 1. The van der Waals surface area contributed by atoms with Gasteiger partial charge in [-0.1, -0.05) is 23.7 Å². The van der Waals surface area contributed by atoms with Crippen LogP contribution in [0.4, 0.5) is 0 Å². The summed E-state index contributed by atoms with van der Waals surface area (Å²) in [6.45, 7) is 0.477. The van der Waals surface area contributed by atoms with Gasteiger partial charge in [-0.2, -0.15) is 5.10 Å². The Labute approximate surface area is 104 Å². The van der Waals surface area contributed by atoms with Gasteiger partial charge >= 0.3 is 0 Å². The number of hydrogen-bond donors (Lipinski definition) is 1. The normalized spacial score (nSPS) is 10.2. The minimum Gasteiger partial charge on any atom is -0.348 e. The van der Waals surface area contributed by atoms with Crippen LogP contribution in [0.2, 0.25) is 5.02 Å². The third kappa shape index (κ3) is 3.07. The lowest BCUT2D eigenvalue weighted by Gasteiger charge is -2.03. The highest BCUT2D eigenvalue weighted by Gasteiger charge is 2.06. The summed E-state index contributed by atoms with van der Waals surface area (Å²) < 4.78 is 1.59. The van der Waals surface area contributed by atoms with Crippen molar-refractivity contribution in [3.05, 3.63) is 52.8 Å². The molecule has 17 heavy (non-hydrogen) atoms. The van der Waals surface area contributed by atoms with Gasteiger partial charge in [-0.25, -0.2) is 0 Å². The monoisotopic (exact) mass is 249 g/mol. The zero-order chi connectivity index (χ0) is 12.3. The van der Waals surface area contributed by atoms with Gasteiger partial charge in [0.25, 0.3) is 5.91 Å². The predicted molar refractivity (Wildman–Crippen MR) is 65.8 cm³/mol. The highest BCUT2D eigenvalue weighted by atomic mass is 35.5. The molecule has 0 fully saturated rings. The topological polar surface area (TPSA) is 46.9 Å². The molecule has 0 atom stereocenters. The number of rotatable bonds is 3. The van der Waals surface area contributed by atoms with E-state index >= 15 is 0 Å². The van der Waals surface area contributed by atoms with Crippen molar-refractivity contribution in [1.82, 2.24) is 15.1 Å². The summed E-state index contributed by atoms with van der Waals surface area (Å²) in [4.78, 5) is 11.7. The van der Waals surface area contributed by atoms with Crippen molar-refractivity contribution >= 4 is 17.5 Å². The fourth-order valence-corrected chi connectivity index (χ4v) is 1.55. The summed E-state index contributed by atoms with van der Waals surface area (Å²) in [5, 5.41) is 7.44. The Bertz CT molecular complexity index is 519. The van der Waals surface area contributed by atoms with Crippen molar-refractivity contribution in [3.8, 4) is 0 Å². The van der Waals surface area contributed by atoms with Crippen LogP contribution in [-0.4, -0.2) is 15.7 Å². The number of hydrogen-bond acceptors (Lipinski definition) is 2. The third-order valence-corrected chi connectivity index (χ3v) is 2.59. The lowest BCUT2D eigenvalue weighted by molar-refractivity contribution is 0.0951. The van der Waals surface area contributed by atoms with Crippen molar-refractivity contribution in [3.63, 3.8) is 0 Å². The van der Waals surface area contributed by atoms with Crippen LogP contribution in [0.15, 0.2) is 36.7 Å². The van der Waals surface area contributed by atoms with Gasteiger partial charge in [0, 0.05) is 24.8 Å². The first kappa shape index (κ1) is 11.7. The van der Waals surface area contributed by atoms with Crippen molar-refractivity contribution in [2.45, 2.75) is 6.54 Å². The number of halogens is 1. The van der Waals surface area contributed by atoms with Gasteiger partial charge in [0.15, 0.2) is 0 Å². The molecule has 1 aromatic heterocycles. The summed E-state index contributed by atoms with van der Waals surface area (Å²) in [6.07, 6.45) is 3.22. The molecule has 0 bridgehead atoms. The molecule has 0 unspecified atom stereocenters. The molecule has 5 heteroatoms. The fourth-order valence-electron chi connectivity index (χ4n) is 1.43. The summed E-state index contributed by atoms with van der Waals surface area (Å²) in [5.41, 5.74) is 1.56. The first-order valence-corrected chi connectivity index (χ1v) is 5.54. The van der Waals surface area contributed by atoms with E-state index in [-0.39, 0.29) is 5.91 Å². The Hall–Kier alpha value is -1.81. The molecule has 88 valence electrons. The minimum atomic E-state index is -0.131. The highest BCUT2D eigenvalue weighted by Crippen LogP contribution is 2.09. The number of carbonyl (C=O) groups is 1. The van der Waals surface area contributed by atoms with Crippen molar-refractivity contribution in [2.24, 2.45) is 7.05 Å². The molecule has 0 aliphatic rings. The summed E-state index contributed by atoms with van der Waals surface area (Å²) in [6, 6.07) is 7.36. The van der Waals surface area contributed by atoms with E-state index < -0.39 is 0 Å². The van der Waals surface area contributed by atoms with Crippen LogP contribution in [0.25, 0.3) is 0 Å². The largest absolute Gasteiger partial charge is 0.348 e. The molecule has 1 N–H and O–H groups in total. The van der Waals surface area contributed by atoms with Gasteiger partial charge < -0.3 is 5.32 Å². The van der Waals surface area contributed by atoms with Crippen LogP contribution < -0.4 is 5.32 Å². The summed E-state index contributed by atoms with van der Waals surface area (Å²) in [7, 11) is 1.77. The van der Waals surface area contributed by atoms with Gasteiger partial charge in [-0.05, 0) is 17.7 Å². The van der Waals surface area contributed by atoms with Crippen LogP contribution >= 0.6 is 11.6 Å². The Kier molecular flexibility index (Phi) is 3.44. The molecule has 0 radical (unpaired) electrons. The number of nitrogens with one attached hydrogen (secondary N) is 1. The van der Waals surface area contributed by atoms with Crippen molar-refractivity contribution in [1.29, 1.82) is 0 Å². The van der Waals surface area contributed by atoms with Crippen LogP contribution in [0.3, 0.4) is 0 Å². The zero-order valence-corrected chi connectivity index (χ0v) is 10.1. The van der Waals surface area contributed by atoms with E-state index in [0.29, 0.717) is 17.1 Å². The lowest BCUT2D eigenvalue weighted by Crippen LogP contribution is -2.22. The first-order chi connectivity index (χ1) is 8.15. The summed E-state index contributed by atoms with van der Waals surface area (Å²) in [5.74, 6) is -0.131. The quantitative estimate of drug-likeness (QED) is 0.905. The maximum Gasteiger partial charge on any atom is 0.254 e. The Morgan fingerprint density at radius 1 is 1.41 bits per heavy atom. The van der Waals surface area contributed by atoms with E-state index in [0.717, 1.165) is 5.56 Å². The average Bonchev–Trinajstić information content (AvgIpc) is 2.75. The van der Waals surface area contributed by atoms with Crippen LogP contribution in [-0.2, 0) is 13.6 Å². The van der Waals surface area contributed by atoms with Crippen LogP contribution in [0.5, 0.6) is 0 Å². The SMILES string of the molecule is Cn1cc(C(=O)NCc2ccc(Cl)cc2)cn1. The van der Waals surface area contributed by atoms with Crippen molar-refractivity contribution in [2.75, 3.05) is 0 Å². The zero-order valence-electron chi connectivity index (χ0n) is 9.35. The number of benzene rings is 1. The molecule has 0 spiro atoms. The van der Waals surface area contributed by atoms with E-state index in [2.05, 4.69) is 10.4 Å². The molecular weight excluding hydrogens is 238 g/mol. The average molecular weight is 250 g/mol. The molecule has 0 saturated carbocycles. The number of aromatic nitrogens is 2. The van der Waals surface area contributed by atoms with Gasteiger partial charge in [0.2, 0.25) is 0 Å². The van der Waals surface area contributed by atoms with E-state index in [9.17, 15) is 4.79 Å². The van der Waals surface area contributed by atoms with Gasteiger partial charge in [0.05, 0.1) is 11.8 Å². The molecule has 1 aromatic carbocycles.